The molecule has 144 valence electrons. The van der Waals surface area contributed by atoms with E-state index in [4.69, 9.17) is 0 Å². The van der Waals surface area contributed by atoms with Gasteiger partial charge in [-0.3, -0.25) is 10.1 Å². The first-order valence-electron chi connectivity index (χ1n) is 10.5. The third-order valence-corrected chi connectivity index (χ3v) is 7.21. The Labute approximate surface area is 160 Å². The number of imide groups is 1. The third-order valence-electron chi connectivity index (χ3n) is 7.21. The summed E-state index contributed by atoms with van der Waals surface area (Å²) in [5.74, 6) is 2.11. The van der Waals surface area contributed by atoms with Crippen LogP contribution in [0.3, 0.4) is 0 Å². The van der Waals surface area contributed by atoms with Gasteiger partial charge in [0.2, 0.25) is 5.91 Å². The van der Waals surface area contributed by atoms with Crippen molar-refractivity contribution in [1.29, 1.82) is 0 Å². The van der Waals surface area contributed by atoms with Crippen LogP contribution in [0.15, 0.2) is 24.3 Å². The molecule has 1 heterocycles. The zero-order chi connectivity index (χ0) is 18.4. The van der Waals surface area contributed by atoms with Crippen molar-refractivity contribution in [3.05, 3.63) is 29.8 Å². The normalized spacial score (nSPS) is 33.5. The number of urea groups is 1. The number of aryl methyl sites for hydroxylation is 1. The first-order chi connectivity index (χ1) is 13.1. The van der Waals surface area contributed by atoms with Crippen LogP contribution in [0, 0.1) is 17.8 Å². The lowest BCUT2D eigenvalue weighted by Gasteiger charge is -2.56. The summed E-state index contributed by atoms with van der Waals surface area (Å²) in [5, 5.41) is 5.82. The largest absolute Gasteiger partial charge is 0.362 e. The van der Waals surface area contributed by atoms with Crippen molar-refractivity contribution in [2.45, 2.75) is 56.9 Å². The predicted molar refractivity (Wildman–Crippen MR) is 105 cm³/mol. The summed E-state index contributed by atoms with van der Waals surface area (Å²) >= 11 is 0. The van der Waals surface area contributed by atoms with Gasteiger partial charge in [-0.25, -0.2) is 4.79 Å². The molecule has 0 unspecified atom stereocenters. The molecular formula is C22H29N3O2. The smallest absolute Gasteiger partial charge is 0.321 e. The number of rotatable bonds is 3. The first-order valence-corrected chi connectivity index (χ1v) is 10.5. The Hall–Kier alpha value is -2.04. The molecule has 0 radical (unpaired) electrons. The number of hydrogen-bond donors (Lipinski definition) is 2. The number of carbonyl (C=O) groups excluding carboxylic acids is 2. The molecular weight excluding hydrogens is 338 g/mol. The second-order valence-electron chi connectivity index (χ2n) is 9.35. The first kappa shape index (κ1) is 17.1. The van der Waals surface area contributed by atoms with Gasteiger partial charge >= 0.3 is 6.03 Å². The SMILES string of the molecule is O=C(CN1CCCc2ccccc21)NC(=O)NC12CC3CC(CC(C3)C1)C2. The van der Waals surface area contributed by atoms with E-state index in [1.807, 2.05) is 12.1 Å². The van der Waals surface area contributed by atoms with Crippen molar-refractivity contribution in [2.24, 2.45) is 17.8 Å². The van der Waals surface area contributed by atoms with Gasteiger partial charge in [0.05, 0.1) is 6.54 Å². The van der Waals surface area contributed by atoms with Crippen LogP contribution in [0.4, 0.5) is 10.5 Å². The monoisotopic (exact) mass is 367 g/mol. The van der Waals surface area contributed by atoms with Crippen molar-refractivity contribution in [3.63, 3.8) is 0 Å². The number of benzene rings is 1. The maximum Gasteiger partial charge on any atom is 0.321 e. The molecule has 1 aromatic rings. The van der Waals surface area contributed by atoms with Gasteiger partial charge < -0.3 is 10.2 Å². The quantitative estimate of drug-likeness (QED) is 0.862. The summed E-state index contributed by atoms with van der Waals surface area (Å²) < 4.78 is 0. The number of fused-ring (bicyclic) bond motifs is 1. The lowest BCUT2D eigenvalue weighted by Crippen LogP contribution is -2.62. The average Bonchev–Trinajstić information content (AvgIpc) is 2.60. The zero-order valence-corrected chi connectivity index (χ0v) is 15.9. The minimum atomic E-state index is -0.299. The molecule has 4 aliphatic carbocycles. The average molecular weight is 367 g/mol. The predicted octanol–water partition coefficient (Wildman–Crippen LogP) is 3.23. The summed E-state index contributed by atoms with van der Waals surface area (Å²) in [7, 11) is 0. The summed E-state index contributed by atoms with van der Waals surface area (Å²) in [6, 6.07) is 7.94. The van der Waals surface area contributed by atoms with E-state index in [1.54, 1.807) is 0 Å². The molecule has 5 nitrogen and oxygen atoms in total. The van der Waals surface area contributed by atoms with Crippen molar-refractivity contribution >= 4 is 17.6 Å². The molecule has 4 saturated carbocycles. The van der Waals surface area contributed by atoms with Gasteiger partial charge in [0.15, 0.2) is 0 Å². The Kier molecular flexibility index (Phi) is 4.14. The van der Waals surface area contributed by atoms with Crippen LogP contribution in [0.1, 0.15) is 50.5 Å². The molecule has 1 aliphatic heterocycles. The molecule has 1 aromatic carbocycles. The lowest BCUT2D eigenvalue weighted by atomic mass is 9.53. The number of amides is 3. The molecule has 0 aromatic heterocycles. The van der Waals surface area contributed by atoms with Crippen LogP contribution in [0.5, 0.6) is 0 Å². The highest BCUT2D eigenvalue weighted by atomic mass is 16.2. The molecule has 5 heteroatoms. The van der Waals surface area contributed by atoms with Crippen LogP contribution in [-0.2, 0) is 11.2 Å². The van der Waals surface area contributed by atoms with Crippen LogP contribution < -0.4 is 15.5 Å². The van der Waals surface area contributed by atoms with Crippen LogP contribution >= 0.6 is 0 Å². The van der Waals surface area contributed by atoms with E-state index < -0.39 is 0 Å². The molecule has 6 rings (SSSR count). The van der Waals surface area contributed by atoms with E-state index in [0.29, 0.717) is 0 Å². The number of carbonyl (C=O) groups is 2. The second kappa shape index (κ2) is 6.54. The van der Waals surface area contributed by atoms with Crippen LogP contribution in [0.25, 0.3) is 0 Å². The van der Waals surface area contributed by atoms with Crippen molar-refractivity contribution in [1.82, 2.24) is 10.6 Å². The Bertz CT molecular complexity index is 724. The van der Waals surface area contributed by atoms with E-state index in [-0.39, 0.29) is 24.0 Å². The minimum absolute atomic E-state index is 0.0587. The van der Waals surface area contributed by atoms with Crippen molar-refractivity contribution in [3.8, 4) is 0 Å². The Balaban J connectivity index is 1.19. The fourth-order valence-electron chi connectivity index (χ4n) is 6.65. The standard InChI is InChI=1S/C22H29N3O2/c26-20(14-25-7-3-5-18-4-1-2-6-19(18)25)23-21(27)24-22-11-15-8-16(12-22)10-17(9-15)13-22/h1-2,4,6,15-17H,3,5,7-14H2,(H2,23,24,26,27). The maximum absolute atomic E-state index is 12.6. The fraction of sp³-hybridized carbons (Fsp3) is 0.636. The highest BCUT2D eigenvalue weighted by molar-refractivity contribution is 5.96. The fourth-order valence-corrected chi connectivity index (χ4v) is 6.65. The zero-order valence-electron chi connectivity index (χ0n) is 15.9. The number of anilines is 1. The number of para-hydroxylation sites is 1. The van der Waals surface area contributed by atoms with E-state index in [0.717, 1.165) is 62.1 Å². The molecule has 27 heavy (non-hydrogen) atoms. The Morgan fingerprint density at radius 1 is 1.04 bits per heavy atom. The molecule has 5 aliphatic rings. The van der Waals surface area contributed by atoms with Gasteiger partial charge in [-0.2, -0.15) is 0 Å². The van der Waals surface area contributed by atoms with Gasteiger partial charge in [0, 0.05) is 17.8 Å². The molecule has 3 amide bonds. The molecule has 0 spiro atoms. The number of hydrogen-bond acceptors (Lipinski definition) is 3. The molecule has 2 N–H and O–H groups in total. The number of nitrogens with zero attached hydrogens (tertiary/aromatic N) is 1. The summed E-state index contributed by atoms with van der Waals surface area (Å²) in [4.78, 5) is 27.2. The Morgan fingerprint density at radius 2 is 1.70 bits per heavy atom. The van der Waals surface area contributed by atoms with E-state index >= 15 is 0 Å². The van der Waals surface area contributed by atoms with E-state index in [1.165, 1.54) is 24.8 Å². The van der Waals surface area contributed by atoms with Crippen LogP contribution in [0.2, 0.25) is 0 Å². The summed E-state index contributed by atoms with van der Waals surface area (Å²) in [6.45, 7) is 1.10. The highest BCUT2D eigenvalue weighted by Crippen LogP contribution is 2.55. The summed E-state index contributed by atoms with van der Waals surface area (Å²) in [6.07, 6.45) is 9.42. The van der Waals surface area contributed by atoms with Gasteiger partial charge in [0.25, 0.3) is 0 Å². The lowest BCUT2D eigenvalue weighted by molar-refractivity contribution is -0.118. The number of nitrogens with one attached hydrogen (secondary N) is 2. The third kappa shape index (κ3) is 3.32. The maximum atomic E-state index is 12.6. The molecule has 0 atom stereocenters. The minimum Gasteiger partial charge on any atom is -0.362 e. The molecule has 4 bridgehead atoms. The molecule has 4 fully saturated rings. The second-order valence-corrected chi connectivity index (χ2v) is 9.35. The van der Waals surface area contributed by atoms with Crippen molar-refractivity contribution < 1.29 is 9.59 Å². The summed E-state index contributed by atoms with van der Waals surface area (Å²) in [5.41, 5.74) is 2.35. The van der Waals surface area contributed by atoms with Gasteiger partial charge in [-0.05, 0) is 80.8 Å². The molecule has 0 saturated heterocycles. The van der Waals surface area contributed by atoms with E-state index in [9.17, 15) is 9.59 Å². The Morgan fingerprint density at radius 3 is 2.41 bits per heavy atom. The van der Waals surface area contributed by atoms with Gasteiger partial charge in [0.1, 0.15) is 0 Å². The van der Waals surface area contributed by atoms with Gasteiger partial charge in [-0.15, -0.1) is 0 Å². The highest BCUT2D eigenvalue weighted by Gasteiger charge is 2.51. The topological polar surface area (TPSA) is 61.4 Å². The van der Waals surface area contributed by atoms with E-state index in [2.05, 4.69) is 27.7 Å². The van der Waals surface area contributed by atoms with Crippen molar-refractivity contribution in [2.75, 3.05) is 18.0 Å². The van der Waals surface area contributed by atoms with Crippen LogP contribution in [-0.4, -0.2) is 30.6 Å². The van der Waals surface area contributed by atoms with Gasteiger partial charge in [-0.1, -0.05) is 18.2 Å².